The number of anilines is 1. The SMILES string of the molecule is COCCOC(=O)Nc1nc2cc(C3(O)c4ccccc4C(=O)N3Cc3ccccc3)ccc2[nH]1. The third kappa shape index (κ3) is 4.11. The van der Waals surface area contributed by atoms with Crippen LogP contribution in [-0.4, -0.2) is 52.3 Å². The maximum Gasteiger partial charge on any atom is 0.414 e. The highest BCUT2D eigenvalue weighted by Gasteiger charge is 2.49. The molecule has 0 spiro atoms. The van der Waals surface area contributed by atoms with E-state index >= 15 is 0 Å². The van der Waals surface area contributed by atoms with Gasteiger partial charge in [0.25, 0.3) is 5.91 Å². The molecular formula is C26H24N4O5. The summed E-state index contributed by atoms with van der Waals surface area (Å²) in [6, 6.07) is 21.8. The van der Waals surface area contributed by atoms with Crippen molar-refractivity contribution >= 4 is 29.0 Å². The van der Waals surface area contributed by atoms with Gasteiger partial charge in [-0.1, -0.05) is 54.6 Å². The molecule has 5 rings (SSSR count). The number of rotatable bonds is 7. The Labute approximate surface area is 201 Å². The van der Waals surface area contributed by atoms with E-state index in [0.717, 1.165) is 5.56 Å². The van der Waals surface area contributed by atoms with Crippen molar-refractivity contribution < 1.29 is 24.2 Å². The lowest BCUT2D eigenvalue weighted by Crippen LogP contribution is -2.44. The van der Waals surface area contributed by atoms with Gasteiger partial charge in [0, 0.05) is 30.3 Å². The van der Waals surface area contributed by atoms with Gasteiger partial charge in [-0.05, 0) is 23.8 Å². The van der Waals surface area contributed by atoms with Gasteiger partial charge in [-0.3, -0.25) is 15.0 Å². The Morgan fingerprint density at radius 3 is 2.66 bits per heavy atom. The predicted octanol–water partition coefficient (Wildman–Crippen LogP) is 3.61. The molecular weight excluding hydrogens is 448 g/mol. The lowest BCUT2D eigenvalue weighted by molar-refractivity contribution is -0.0542. The molecule has 3 aromatic carbocycles. The van der Waals surface area contributed by atoms with Gasteiger partial charge in [-0.25, -0.2) is 9.78 Å². The summed E-state index contributed by atoms with van der Waals surface area (Å²) in [5, 5.41) is 14.6. The van der Waals surface area contributed by atoms with E-state index in [4.69, 9.17) is 9.47 Å². The Kier molecular flexibility index (Phi) is 5.94. The van der Waals surface area contributed by atoms with Gasteiger partial charge in [-0.15, -0.1) is 0 Å². The molecule has 1 aromatic heterocycles. The second-order valence-electron chi connectivity index (χ2n) is 8.17. The molecule has 0 aliphatic carbocycles. The molecule has 4 aromatic rings. The van der Waals surface area contributed by atoms with Crippen LogP contribution in [-0.2, 0) is 21.7 Å². The number of imidazole rings is 1. The summed E-state index contributed by atoms with van der Waals surface area (Å²) < 4.78 is 9.87. The topological polar surface area (TPSA) is 117 Å². The van der Waals surface area contributed by atoms with Gasteiger partial charge < -0.3 is 19.6 Å². The number of H-pyrrole nitrogens is 1. The smallest absolute Gasteiger partial charge is 0.414 e. The number of ether oxygens (including phenoxy) is 2. The highest BCUT2D eigenvalue weighted by molar-refractivity contribution is 6.00. The Bertz CT molecular complexity index is 1390. The molecule has 35 heavy (non-hydrogen) atoms. The molecule has 0 radical (unpaired) electrons. The lowest BCUT2D eigenvalue weighted by atomic mass is 9.93. The molecule has 1 aliphatic heterocycles. The number of carbonyl (C=O) groups is 2. The molecule has 2 heterocycles. The second kappa shape index (κ2) is 9.21. The highest BCUT2D eigenvalue weighted by Crippen LogP contribution is 2.43. The Balaban J connectivity index is 1.50. The summed E-state index contributed by atoms with van der Waals surface area (Å²) in [5.74, 6) is -0.0502. The van der Waals surface area contributed by atoms with Crippen LogP contribution in [0, 0.1) is 0 Å². The fourth-order valence-corrected chi connectivity index (χ4v) is 4.31. The summed E-state index contributed by atoms with van der Waals surface area (Å²) in [5.41, 5.74) is 1.82. The van der Waals surface area contributed by atoms with E-state index in [1.165, 1.54) is 12.0 Å². The zero-order chi connectivity index (χ0) is 24.4. The average molecular weight is 473 g/mol. The number of aromatic amines is 1. The average Bonchev–Trinajstić information content (AvgIpc) is 3.37. The van der Waals surface area contributed by atoms with Crippen LogP contribution in [0.3, 0.4) is 0 Å². The summed E-state index contributed by atoms with van der Waals surface area (Å²) in [7, 11) is 1.52. The zero-order valence-electron chi connectivity index (χ0n) is 19.0. The number of benzene rings is 3. The molecule has 0 fully saturated rings. The van der Waals surface area contributed by atoms with Crippen LogP contribution in [0.2, 0.25) is 0 Å². The highest BCUT2D eigenvalue weighted by atomic mass is 16.6. The van der Waals surface area contributed by atoms with Crippen molar-refractivity contribution in [2.75, 3.05) is 25.6 Å². The predicted molar refractivity (Wildman–Crippen MR) is 129 cm³/mol. The van der Waals surface area contributed by atoms with Crippen LogP contribution in [0.1, 0.15) is 27.0 Å². The van der Waals surface area contributed by atoms with Gasteiger partial charge in [0.2, 0.25) is 5.95 Å². The minimum atomic E-state index is -1.69. The van der Waals surface area contributed by atoms with Crippen molar-refractivity contribution in [3.8, 4) is 0 Å². The molecule has 1 atom stereocenters. The molecule has 2 amide bonds. The van der Waals surface area contributed by atoms with Gasteiger partial charge in [0.1, 0.15) is 6.61 Å². The van der Waals surface area contributed by atoms with Crippen molar-refractivity contribution in [2.45, 2.75) is 12.3 Å². The normalized spacial score (nSPS) is 17.0. The largest absolute Gasteiger partial charge is 0.447 e. The van der Waals surface area contributed by atoms with Crippen LogP contribution in [0.25, 0.3) is 11.0 Å². The zero-order valence-corrected chi connectivity index (χ0v) is 19.0. The van der Waals surface area contributed by atoms with E-state index in [9.17, 15) is 14.7 Å². The molecule has 178 valence electrons. The number of aliphatic hydroxyl groups is 1. The van der Waals surface area contributed by atoms with Gasteiger partial charge in [-0.2, -0.15) is 0 Å². The number of aromatic nitrogens is 2. The van der Waals surface area contributed by atoms with Crippen molar-refractivity contribution in [1.82, 2.24) is 14.9 Å². The number of carbonyl (C=O) groups excluding carboxylic acids is 2. The van der Waals surface area contributed by atoms with E-state index in [1.807, 2.05) is 30.3 Å². The van der Waals surface area contributed by atoms with E-state index < -0.39 is 11.8 Å². The quantitative estimate of drug-likeness (QED) is 0.354. The summed E-state index contributed by atoms with van der Waals surface area (Å²) in [6.07, 6.45) is -0.663. The monoisotopic (exact) mass is 472 g/mol. The summed E-state index contributed by atoms with van der Waals surface area (Å²) in [6.45, 7) is 0.628. The first kappa shape index (κ1) is 22.6. The van der Waals surface area contributed by atoms with Gasteiger partial charge in [0.05, 0.1) is 17.6 Å². The maximum atomic E-state index is 13.4. The first-order chi connectivity index (χ1) is 17.0. The summed E-state index contributed by atoms with van der Waals surface area (Å²) >= 11 is 0. The second-order valence-corrected chi connectivity index (χ2v) is 8.17. The van der Waals surface area contributed by atoms with Gasteiger partial charge in [0.15, 0.2) is 5.72 Å². The number of nitrogens with zero attached hydrogens (tertiary/aromatic N) is 2. The Morgan fingerprint density at radius 2 is 1.86 bits per heavy atom. The number of hydrogen-bond donors (Lipinski definition) is 3. The van der Waals surface area contributed by atoms with Crippen molar-refractivity contribution in [3.05, 3.63) is 95.1 Å². The van der Waals surface area contributed by atoms with Crippen LogP contribution in [0.4, 0.5) is 10.7 Å². The molecule has 0 bridgehead atoms. The van der Waals surface area contributed by atoms with E-state index in [2.05, 4.69) is 15.3 Å². The van der Waals surface area contributed by atoms with Crippen molar-refractivity contribution in [2.24, 2.45) is 0 Å². The van der Waals surface area contributed by atoms with E-state index in [0.29, 0.717) is 27.7 Å². The third-order valence-electron chi connectivity index (χ3n) is 5.98. The van der Waals surface area contributed by atoms with Crippen LogP contribution >= 0.6 is 0 Å². The number of hydrogen-bond acceptors (Lipinski definition) is 6. The van der Waals surface area contributed by atoms with Crippen molar-refractivity contribution in [1.29, 1.82) is 0 Å². The van der Waals surface area contributed by atoms with Crippen molar-refractivity contribution in [3.63, 3.8) is 0 Å². The molecule has 1 unspecified atom stereocenters. The fourth-order valence-electron chi connectivity index (χ4n) is 4.31. The third-order valence-corrected chi connectivity index (χ3v) is 5.98. The number of methoxy groups -OCH3 is 1. The molecule has 0 saturated carbocycles. The number of amides is 2. The first-order valence-corrected chi connectivity index (χ1v) is 11.1. The molecule has 1 aliphatic rings. The van der Waals surface area contributed by atoms with E-state index in [-0.39, 0.29) is 31.6 Å². The minimum absolute atomic E-state index is 0.116. The minimum Gasteiger partial charge on any atom is -0.447 e. The fraction of sp³-hybridized carbons (Fsp3) is 0.192. The number of nitrogens with one attached hydrogen (secondary N) is 2. The summed E-state index contributed by atoms with van der Waals surface area (Å²) in [4.78, 5) is 34.2. The lowest BCUT2D eigenvalue weighted by Gasteiger charge is -2.35. The Morgan fingerprint density at radius 1 is 1.09 bits per heavy atom. The standard InChI is InChI=1S/C26H24N4O5/c1-34-13-14-35-25(32)29-24-27-21-12-11-18(15-22(21)28-24)26(33)20-10-6-5-9-19(20)23(31)30(26)16-17-7-3-2-4-8-17/h2-12,15,33H,13-14,16H2,1H3,(H2,27,28,29,32). The van der Waals surface area contributed by atoms with Crippen LogP contribution in [0.5, 0.6) is 0 Å². The first-order valence-electron chi connectivity index (χ1n) is 11.1. The number of fused-ring (bicyclic) bond motifs is 2. The molecule has 9 heteroatoms. The van der Waals surface area contributed by atoms with Crippen LogP contribution < -0.4 is 5.32 Å². The molecule has 0 saturated heterocycles. The molecule has 3 N–H and O–H groups in total. The Hall–Kier alpha value is -4.21. The van der Waals surface area contributed by atoms with Gasteiger partial charge >= 0.3 is 6.09 Å². The van der Waals surface area contributed by atoms with E-state index in [1.54, 1.807) is 42.5 Å². The molecule has 9 nitrogen and oxygen atoms in total. The van der Waals surface area contributed by atoms with Crippen LogP contribution in [0.15, 0.2) is 72.8 Å². The maximum absolute atomic E-state index is 13.4.